The summed E-state index contributed by atoms with van der Waals surface area (Å²) in [6.07, 6.45) is -0.865. The molecule has 0 unspecified atom stereocenters. The normalized spacial score (nSPS) is 16.2. The first kappa shape index (κ1) is 15.7. The number of carbonyl (C=O) groups excluding carboxylic acids is 3. The van der Waals surface area contributed by atoms with Gasteiger partial charge in [0.2, 0.25) is 12.1 Å². The van der Waals surface area contributed by atoms with E-state index in [9.17, 15) is 14.4 Å². The van der Waals surface area contributed by atoms with E-state index in [0.717, 1.165) is 0 Å². The fourth-order valence-corrected chi connectivity index (χ4v) is 2.62. The molecule has 0 saturated carbocycles. The molecule has 1 atom stereocenters. The van der Waals surface area contributed by atoms with Gasteiger partial charge in [-0.3, -0.25) is 14.5 Å². The molecule has 2 aromatic rings. The summed E-state index contributed by atoms with van der Waals surface area (Å²) in [5.41, 5.74) is 1.46. The number of para-hydroxylation sites is 1. The van der Waals surface area contributed by atoms with Crippen molar-refractivity contribution in [2.24, 2.45) is 0 Å². The van der Waals surface area contributed by atoms with Gasteiger partial charge in [0.05, 0.1) is 11.3 Å². The molecule has 0 spiro atoms. The van der Waals surface area contributed by atoms with E-state index in [2.05, 4.69) is 0 Å². The van der Waals surface area contributed by atoms with Gasteiger partial charge in [0, 0.05) is 19.4 Å². The number of anilines is 1. The molecule has 0 N–H and O–H groups in total. The molecule has 122 valence electrons. The molecule has 1 heterocycles. The Bertz CT molecular complexity index is 812. The molecule has 6 heteroatoms. The van der Waals surface area contributed by atoms with Gasteiger partial charge < -0.3 is 9.47 Å². The standard InChI is InChI=1S/C18H15NO5/c1-11(20)19-16-6-4-3-5-15(16)18(22)24-17(19)13-7-9-14(10-8-13)23-12(2)21/h3-10,17H,1-2H3/t17-/m0/s1. The quantitative estimate of drug-likeness (QED) is 0.627. The summed E-state index contributed by atoms with van der Waals surface area (Å²) in [4.78, 5) is 36.8. The first-order valence-corrected chi connectivity index (χ1v) is 7.35. The lowest BCUT2D eigenvalue weighted by molar-refractivity contribution is -0.131. The second kappa shape index (κ2) is 6.16. The number of rotatable bonds is 2. The van der Waals surface area contributed by atoms with Crippen LogP contribution in [0.25, 0.3) is 0 Å². The molecule has 0 aliphatic carbocycles. The zero-order chi connectivity index (χ0) is 17.3. The maximum absolute atomic E-state index is 12.2. The molecule has 1 amide bonds. The van der Waals surface area contributed by atoms with E-state index in [1.807, 2.05) is 0 Å². The zero-order valence-corrected chi connectivity index (χ0v) is 13.2. The van der Waals surface area contributed by atoms with Crippen molar-refractivity contribution in [2.75, 3.05) is 4.90 Å². The highest BCUT2D eigenvalue weighted by atomic mass is 16.6. The average Bonchev–Trinajstić information content (AvgIpc) is 2.54. The van der Waals surface area contributed by atoms with Crippen LogP contribution in [0.1, 0.15) is 36.0 Å². The van der Waals surface area contributed by atoms with Crippen LogP contribution in [0.5, 0.6) is 5.75 Å². The molecule has 6 nitrogen and oxygen atoms in total. The van der Waals surface area contributed by atoms with Gasteiger partial charge in [0.25, 0.3) is 0 Å². The Morgan fingerprint density at radius 3 is 2.33 bits per heavy atom. The van der Waals surface area contributed by atoms with Crippen molar-refractivity contribution in [3.8, 4) is 5.75 Å². The molecule has 3 rings (SSSR count). The third-order valence-electron chi connectivity index (χ3n) is 3.60. The predicted octanol–water partition coefficient (Wildman–Crippen LogP) is 2.83. The first-order chi connectivity index (χ1) is 11.5. The van der Waals surface area contributed by atoms with Gasteiger partial charge in [0.1, 0.15) is 5.75 Å². The number of fused-ring (bicyclic) bond motifs is 1. The van der Waals surface area contributed by atoms with Gasteiger partial charge in [-0.15, -0.1) is 0 Å². The monoisotopic (exact) mass is 325 g/mol. The molecule has 0 bridgehead atoms. The van der Waals surface area contributed by atoms with Crippen LogP contribution >= 0.6 is 0 Å². The lowest BCUT2D eigenvalue weighted by Gasteiger charge is -2.35. The van der Waals surface area contributed by atoms with Crippen LogP contribution in [-0.2, 0) is 14.3 Å². The number of esters is 2. The smallest absolute Gasteiger partial charge is 0.342 e. The number of carbonyl (C=O) groups is 3. The number of amides is 1. The Morgan fingerprint density at radius 1 is 1.04 bits per heavy atom. The fourth-order valence-electron chi connectivity index (χ4n) is 2.62. The number of cyclic esters (lactones) is 1. The number of nitrogens with zero attached hydrogens (tertiary/aromatic N) is 1. The Kier molecular flexibility index (Phi) is 4.04. The van der Waals surface area contributed by atoms with E-state index in [1.165, 1.54) is 18.7 Å². The minimum absolute atomic E-state index is 0.246. The van der Waals surface area contributed by atoms with Crippen LogP contribution in [-0.4, -0.2) is 17.8 Å². The van der Waals surface area contributed by atoms with Gasteiger partial charge in [0.15, 0.2) is 0 Å². The maximum atomic E-state index is 12.2. The summed E-state index contributed by atoms with van der Waals surface area (Å²) in [7, 11) is 0. The van der Waals surface area contributed by atoms with Gasteiger partial charge in [-0.1, -0.05) is 12.1 Å². The Hall–Kier alpha value is -3.15. The molecule has 2 aromatic carbocycles. The van der Waals surface area contributed by atoms with Crippen molar-refractivity contribution in [3.63, 3.8) is 0 Å². The average molecular weight is 325 g/mol. The topological polar surface area (TPSA) is 72.9 Å². The highest BCUT2D eigenvalue weighted by molar-refractivity contribution is 6.04. The molecule has 1 aliphatic rings. The molecule has 0 saturated heterocycles. The van der Waals surface area contributed by atoms with E-state index >= 15 is 0 Å². The van der Waals surface area contributed by atoms with E-state index in [-0.39, 0.29) is 5.91 Å². The molecule has 24 heavy (non-hydrogen) atoms. The SMILES string of the molecule is CC(=O)Oc1ccc([C@@H]2OC(=O)c3ccccc3N2C(C)=O)cc1. The highest BCUT2D eigenvalue weighted by Crippen LogP contribution is 2.37. The van der Waals surface area contributed by atoms with Crippen molar-refractivity contribution >= 4 is 23.5 Å². The summed E-state index contributed by atoms with van der Waals surface area (Å²) < 4.78 is 10.4. The number of hydrogen-bond acceptors (Lipinski definition) is 5. The molecule has 0 aromatic heterocycles. The third kappa shape index (κ3) is 2.86. The first-order valence-electron chi connectivity index (χ1n) is 7.35. The van der Waals surface area contributed by atoms with Crippen LogP contribution in [0.2, 0.25) is 0 Å². The van der Waals surface area contributed by atoms with Gasteiger partial charge in [-0.25, -0.2) is 4.79 Å². The van der Waals surface area contributed by atoms with E-state index in [1.54, 1.807) is 48.5 Å². The summed E-state index contributed by atoms with van der Waals surface area (Å²) in [5, 5.41) is 0. The van der Waals surface area contributed by atoms with Crippen LogP contribution in [0.15, 0.2) is 48.5 Å². The minimum Gasteiger partial charge on any atom is -0.433 e. The second-order valence-electron chi connectivity index (χ2n) is 5.33. The summed E-state index contributed by atoms with van der Waals surface area (Å²) in [6, 6.07) is 13.3. The van der Waals surface area contributed by atoms with Crippen LogP contribution in [0.4, 0.5) is 5.69 Å². The van der Waals surface area contributed by atoms with E-state index in [0.29, 0.717) is 22.6 Å². The van der Waals surface area contributed by atoms with Gasteiger partial charge in [-0.05, 0) is 36.4 Å². The van der Waals surface area contributed by atoms with Crippen molar-refractivity contribution < 1.29 is 23.9 Å². The zero-order valence-electron chi connectivity index (χ0n) is 13.2. The van der Waals surface area contributed by atoms with Crippen LogP contribution in [0.3, 0.4) is 0 Å². The molecular weight excluding hydrogens is 310 g/mol. The van der Waals surface area contributed by atoms with Crippen molar-refractivity contribution in [2.45, 2.75) is 20.1 Å². The number of benzene rings is 2. The van der Waals surface area contributed by atoms with Gasteiger partial charge in [-0.2, -0.15) is 0 Å². The molecular formula is C18H15NO5. The summed E-state index contributed by atoms with van der Waals surface area (Å²) in [5.74, 6) is -0.782. The number of ether oxygens (including phenoxy) is 2. The number of hydrogen-bond donors (Lipinski definition) is 0. The molecule has 0 fully saturated rings. The lowest BCUT2D eigenvalue weighted by atomic mass is 10.1. The van der Waals surface area contributed by atoms with Crippen molar-refractivity contribution in [3.05, 3.63) is 59.7 Å². The van der Waals surface area contributed by atoms with Gasteiger partial charge >= 0.3 is 11.9 Å². The lowest BCUT2D eigenvalue weighted by Crippen LogP contribution is -2.40. The van der Waals surface area contributed by atoms with Crippen LogP contribution in [0, 0.1) is 0 Å². The molecule has 1 aliphatic heterocycles. The highest BCUT2D eigenvalue weighted by Gasteiger charge is 2.36. The fraction of sp³-hybridized carbons (Fsp3) is 0.167. The predicted molar refractivity (Wildman–Crippen MR) is 85.5 cm³/mol. The minimum atomic E-state index is -0.865. The third-order valence-corrected chi connectivity index (χ3v) is 3.60. The largest absolute Gasteiger partial charge is 0.433 e. The second-order valence-corrected chi connectivity index (χ2v) is 5.33. The summed E-state index contributed by atoms with van der Waals surface area (Å²) in [6.45, 7) is 2.72. The van der Waals surface area contributed by atoms with E-state index < -0.39 is 18.2 Å². The Labute approximate surface area is 138 Å². The maximum Gasteiger partial charge on any atom is 0.342 e. The van der Waals surface area contributed by atoms with E-state index in [4.69, 9.17) is 9.47 Å². The summed E-state index contributed by atoms with van der Waals surface area (Å²) >= 11 is 0. The van der Waals surface area contributed by atoms with Crippen LogP contribution < -0.4 is 9.64 Å². The Morgan fingerprint density at radius 2 is 1.71 bits per heavy atom. The Balaban J connectivity index is 1.99. The van der Waals surface area contributed by atoms with Crippen molar-refractivity contribution in [1.82, 2.24) is 0 Å². The van der Waals surface area contributed by atoms with Crippen molar-refractivity contribution in [1.29, 1.82) is 0 Å². The molecule has 0 radical (unpaired) electrons.